The zero-order chi connectivity index (χ0) is 20.5. The normalized spacial score (nSPS) is 10.2. The Hall–Kier alpha value is -3.42. The Morgan fingerprint density at radius 3 is 2.43 bits per heavy atom. The molecule has 28 heavy (non-hydrogen) atoms. The molecule has 0 aromatic heterocycles. The van der Waals surface area contributed by atoms with Crippen LogP contribution in [0.15, 0.2) is 48.5 Å². The standard InChI is InChI=1S/C20H22N2O6/c1-3-27-19(23)9-6-14-28-18-8-5-4-7-17(18)21(2)20(24)15-10-12-16(13-11-15)22(25)26/h4-5,7-8,10-13H,3,6,9,14H2,1-2H3. The number of hydrogen-bond acceptors (Lipinski definition) is 6. The molecule has 148 valence electrons. The topological polar surface area (TPSA) is 99.0 Å². The number of non-ortho nitro benzene ring substituents is 1. The van der Waals surface area contributed by atoms with Crippen molar-refractivity contribution in [2.75, 3.05) is 25.2 Å². The fourth-order valence-electron chi connectivity index (χ4n) is 2.52. The minimum absolute atomic E-state index is 0.0791. The lowest BCUT2D eigenvalue weighted by atomic mass is 10.1. The smallest absolute Gasteiger partial charge is 0.305 e. The Labute approximate surface area is 162 Å². The van der Waals surface area contributed by atoms with Crippen LogP contribution in [0.5, 0.6) is 5.75 Å². The molecule has 2 rings (SSSR count). The van der Waals surface area contributed by atoms with Crippen molar-refractivity contribution >= 4 is 23.3 Å². The van der Waals surface area contributed by atoms with Crippen molar-refractivity contribution in [2.24, 2.45) is 0 Å². The van der Waals surface area contributed by atoms with Gasteiger partial charge in [-0.05, 0) is 37.6 Å². The Balaban J connectivity index is 2.04. The number of nitro benzene ring substituents is 1. The van der Waals surface area contributed by atoms with Crippen LogP contribution >= 0.6 is 0 Å². The molecule has 8 heteroatoms. The number of nitrogens with zero attached hydrogens (tertiary/aromatic N) is 2. The van der Waals surface area contributed by atoms with Crippen LogP contribution < -0.4 is 9.64 Å². The highest BCUT2D eigenvalue weighted by Gasteiger charge is 2.18. The number of ether oxygens (including phenoxy) is 2. The van der Waals surface area contributed by atoms with Crippen LogP contribution in [0.1, 0.15) is 30.1 Å². The molecule has 0 atom stereocenters. The van der Waals surface area contributed by atoms with E-state index < -0.39 is 4.92 Å². The number of hydrogen-bond donors (Lipinski definition) is 0. The summed E-state index contributed by atoms with van der Waals surface area (Å²) in [6.45, 7) is 2.40. The molecule has 2 aromatic carbocycles. The third-order valence-electron chi connectivity index (χ3n) is 3.94. The summed E-state index contributed by atoms with van der Waals surface area (Å²) in [4.78, 5) is 35.7. The molecule has 0 heterocycles. The minimum Gasteiger partial charge on any atom is -0.491 e. The van der Waals surface area contributed by atoms with Crippen molar-refractivity contribution in [3.8, 4) is 5.75 Å². The molecule has 0 bridgehead atoms. The summed E-state index contributed by atoms with van der Waals surface area (Å²) in [6.07, 6.45) is 0.751. The molecule has 2 aromatic rings. The Morgan fingerprint density at radius 2 is 1.79 bits per heavy atom. The lowest BCUT2D eigenvalue weighted by Crippen LogP contribution is -2.26. The van der Waals surface area contributed by atoms with Gasteiger partial charge in [-0.1, -0.05) is 12.1 Å². The van der Waals surface area contributed by atoms with E-state index in [4.69, 9.17) is 9.47 Å². The summed E-state index contributed by atoms with van der Waals surface area (Å²) in [5.41, 5.74) is 0.803. The van der Waals surface area contributed by atoms with Gasteiger partial charge < -0.3 is 14.4 Å². The quantitative estimate of drug-likeness (QED) is 0.283. The van der Waals surface area contributed by atoms with Gasteiger partial charge in [-0.15, -0.1) is 0 Å². The van der Waals surface area contributed by atoms with Crippen molar-refractivity contribution in [1.29, 1.82) is 0 Å². The molecule has 0 unspecified atom stereocenters. The predicted molar refractivity (Wildman–Crippen MR) is 104 cm³/mol. The predicted octanol–water partition coefficient (Wildman–Crippen LogP) is 3.59. The number of rotatable bonds is 9. The SMILES string of the molecule is CCOC(=O)CCCOc1ccccc1N(C)C(=O)c1ccc([N+](=O)[O-])cc1. The first kappa shape index (κ1) is 20.9. The molecule has 8 nitrogen and oxygen atoms in total. The molecule has 0 aliphatic heterocycles. The number of nitro groups is 1. The van der Waals surface area contributed by atoms with Gasteiger partial charge in [0.15, 0.2) is 0 Å². The Kier molecular flexibility index (Phi) is 7.50. The van der Waals surface area contributed by atoms with Crippen molar-refractivity contribution in [2.45, 2.75) is 19.8 Å². The summed E-state index contributed by atoms with van der Waals surface area (Å²) in [5.74, 6) is -0.0913. The van der Waals surface area contributed by atoms with E-state index >= 15 is 0 Å². The molecule has 0 saturated heterocycles. The maximum atomic E-state index is 12.7. The summed E-state index contributed by atoms with van der Waals surface area (Å²) < 4.78 is 10.6. The van der Waals surface area contributed by atoms with Gasteiger partial charge in [-0.25, -0.2) is 0 Å². The van der Waals surface area contributed by atoms with Crippen molar-refractivity contribution in [3.63, 3.8) is 0 Å². The minimum atomic E-state index is -0.516. The maximum absolute atomic E-state index is 12.7. The highest BCUT2D eigenvalue weighted by atomic mass is 16.6. The second kappa shape index (κ2) is 10.1. The number of amides is 1. The van der Waals surface area contributed by atoms with Gasteiger partial charge in [0.1, 0.15) is 5.75 Å². The van der Waals surface area contributed by atoms with Gasteiger partial charge in [0.05, 0.1) is 23.8 Å². The maximum Gasteiger partial charge on any atom is 0.305 e. The van der Waals surface area contributed by atoms with Gasteiger partial charge in [0.2, 0.25) is 0 Å². The van der Waals surface area contributed by atoms with E-state index in [-0.39, 0.29) is 24.0 Å². The van der Waals surface area contributed by atoms with Crippen LogP contribution in [-0.2, 0) is 9.53 Å². The molecular weight excluding hydrogens is 364 g/mol. The second-order valence-corrected chi connectivity index (χ2v) is 5.89. The van der Waals surface area contributed by atoms with Crippen molar-refractivity contribution in [1.82, 2.24) is 0 Å². The third-order valence-corrected chi connectivity index (χ3v) is 3.94. The van der Waals surface area contributed by atoms with E-state index in [0.29, 0.717) is 36.6 Å². The summed E-state index contributed by atoms with van der Waals surface area (Å²) in [5, 5.41) is 10.8. The molecular formula is C20H22N2O6. The van der Waals surface area contributed by atoms with Crippen molar-refractivity contribution in [3.05, 3.63) is 64.2 Å². The monoisotopic (exact) mass is 386 g/mol. The molecule has 0 fully saturated rings. The first-order valence-electron chi connectivity index (χ1n) is 8.84. The molecule has 0 saturated carbocycles. The number of para-hydroxylation sites is 2. The summed E-state index contributed by atoms with van der Waals surface area (Å²) in [6, 6.07) is 12.5. The molecule has 0 aliphatic carbocycles. The number of esters is 1. The number of anilines is 1. The van der Waals surface area contributed by atoms with E-state index in [1.165, 1.54) is 29.2 Å². The fraction of sp³-hybridized carbons (Fsp3) is 0.300. The summed E-state index contributed by atoms with van der Waals surface area (Å²) in [7, 11) is 1.60. The van der Waals surface area contributed by atoms with Crippen LogP contribution in [0.4, 0.5) is 11.4 Å². The summed E-state index contributed by atoms with van der Waals surface area (Å²) >= 11 is 0. The zero-order valence-corrected chi connectivity index (χ0v) is 15.8. The van der Waals surface area contributed by atoms with Gasteiger partial charge in [-0.3, -0.25) is 19.7 Å². The van der Waals surface area contributed by atoms with Crippen LogP contribution in [0.3, 0.4) is 0 Å². The zero-order valence-electron chi connectivity index (χ0n) is 15.8. The lowest BCUT2D eigenvalue weighted by Gasteiger charge is -2.21. The van der Waals surface area contributed by atoms with E-state index in [2.05, 4.69) is 0 Å². The fourth-order valence-corrected chi connectivity index (χ4v) is 2.52. The van der Waals surface area contributed by atoms with Crippen LogP contribution in [-0.4, -0.2) is 37.1 Å². The number of carbonyl (C=O) groups is 2. The van der Waals surface area contributed by atoms with E-state index in [1.807, 2.05) is 0 Å². The van der Waals surface area contributed by atoms with Crippen molar-refractivity contribution < 1.29 is 24.0 Å². The highest BCUT2D eigenvalue weighted by molar-refractivity contribution is 6.06. The van der Waals surface area contributed by atoms with Crippen LogP contribution in [0.25, 0.3) is 0 Å². The Bertz CT molecular complexity index is 835. The molecule has 0 aliphatic rings. The number of benzene rings is 2. The lowest BCUT2D eigenvalue weighted by molar-refractivity contribution is -0.384. The molecule has 0 spiro atoms. The number of carbonyl (C=O) groups excluding carboxylic acids is 2. The Morgan fingerprint density at radius 1 is 1.11 bits per heavy atom. The van der Waals surface area contributed by atoms with Gasteiger partial charge in [0.25, 0.3) is 11.6 Å². The first-order valence-corrected chi connectivity index (χ1v) is 8.84. The van der Waals surface area contributed by atoms with E-state index in [0.717, 1.165) is 0 Å². The van der Waals surface area contributed by atoms with Crippen LogP contribution in [0.2, 0.25) is 0 Å². The van der Waals surface area contributed by atoms with E-state index in [9.17, 15) is 19.7 Å². The molecule has 0 N–H and O–H groups in total. The van der Waals surface area contributed by atoms with Gasteiger partial charge in [-0.2, -0.15) is 0 Å². The average molecular weight is 386 g/mol. The largest absolute Gasteiger partial charge is 0.491 e. The molecule has 0 radical (unpaired) electrons. The highest BCUT2D eigenvalue weighted by Crippen LogP contribution is 2.28. The third kappa shape index (κ3) is 5.54. The second-order valence-electron chi connectivity index (χ2n) is 5.89. The van der Waals surface area contributed by atoms with E-state index in [1.54, 1.807) is 38.2 Å². The van der Waals surface area contributed by atoms with Crippen LogP contribution in [0, 0.1) is 10.1 Å². The first-order chi connectivity index (χ1) is 13.4. The van der Waals surface area contributed by atoms with Gasteiger partial charge >= 0.3 is 5.97 Å². The molecule has 1 amide bonds. The van der Waals surface area contributed by atoms with Gasteiger partial charge in [0, 0.05) is 31.2 Å². The average Bonchev–Trinajstić information content (AvgIpc) is 2.70.